The van der Waals surface area contributed by atoms with Crippen molar-refractivity contribution < 1.29 is 9.53 Å². The number of aryl methyl sites for hydroxylation is 1. The molecule has 86 valence electrons. The van der Waals surface area contributed by atoms with Crippen molar-refractivity contribution in [2.24, 2.45) is 0 Å². The van der Waals surface area contributed by atoms with Crippen LogP contribution in [0.3, 0.4) is 0 Å². The highest BCUT2D eigenvalue weighted by atomic mass is 16.5. The highest BCUT2D eigenvalue weighted by molar-refractivity contribution is 5.89. The zero-order valence-corrected chi connectivity index (χ0v) is 9.68. The average molecular weight is 228 g/mol. The molecule has 2 aromatic rings. The minimum absolute atomic E-state index is 0.338. The van der Waals surface area contributed by atoms with E-state index in [1.165, 1.54) is 7.11 Å². The monoisotopic (exact) mass is 228 g/mol. The molecule has 4 heteroatoms. The van der Waals surface area contributed by atoms with Crippen molar-refractivity contribution in [1.82, 2.24) is 9.97 Å². The van der Waals surface area contributed by atoms with Crippen molar-refractivity contribution in [3.63, 3.8) is 0 Å². The summed E-state index contributed by atoms with van der Waals surface area (Å²) in [6, 6.07) is 8.96. The third-order valence-corrected chi connectivity index (χ3v) is 2.38. The van der Waals surface area contributed by atoms with Crippen LogP contribution in [0.2, 0.25) is 0 Å². The van der Waals surface area contributed by atoms with Crippen LogP contribution in [0.4, 0.5) is 0 Å². The SMILES string of the molecule is COC(=O)c1ccc(-c2ccnc(C)n2)cc1. The van der Waals surface area contributed by atoms with E-state index < -0.39 is 0 Å². The van der Waals surface area contributed by atoms with Gasteiger partial charge < -0.3 is 4.74 Å². The van der Waals surface area contributed by atoms with Gasteiger partial charge in [-0.15, -0.1) is 0 Å². The van der Waals surface area contributed by atoms with Crippen molar-refractivity contribution in [1.29, 1.82) is 0 Å². The number of methoxy groups -OCH3 is 1. The Balaban J connectivity index is 2.32. The maximum atomic E-state index is 11.3. The number of hydrogen-bond acceptors (Lipinski definition) is 4. The van der Waals surface area contributed by atoms with Gasteiger partial charge in [-0.05, 0) is 25.1 Å². The summed E-state index contributed by atoms with van der Waals surface area (Å²) in [5.41, 5.74) is 2.32. The third-order valence-electron chi connectivity index (χ3n) is 2.38. The van der Waals surface area contributed by atoms with Crippen LogP contribution in [-0.2, 0) is 4.74 Å². The number of esters is 1. The molecule has 0 fully saturated rings. The van der Waals surface area contributed by atoms with Crippen molar-refractivity contribution in [3.8, 4) is 11.3 Å². The zero-order valence-electron chi connectivity index (χ0n) is 9.68. The molecule has 0 saturated heterocycles. The highest BCUT2D eigenvalue weighted by Gasteiger charge is 2.05. The second kappa shape index (κ2) is 4.74. The van der Waals surface area contributed by atoms with Gasteiger partial charge >= 0.3 is 5.97 Å². The number of nitrogens with zero attached hydrogens (tertiary/aromatic N) is 2. The number of ether oxygens (including phenoxy) is 1. The normalized spacial score (nSPS) is 10.0. The summed E-state index contributed by atoms with van der Waals surface area (Å²) in [6.07, 6.45) is 1.71. The van der Waals surface area contributed by atoms with Crippen molar-refractivity contribution >= 4 is 5.97 Å². The van der Waals surface area contributed by atoms with Gasteiger partial charge in [-0.25, -0.2) is 14.8 Å². The quantitative estimate of drug-likeness (QED) is 0.740. The number of aromatic nitrogens is 2. The molecule has 0 atom stereocenters. The summed E-state index contributed by atoms with van der Waals surface area (Å²) in [7, 11) is 1.37. The van der Waals surface area contributed by atoms with Crippen LogP contribution < -0.4 is 0 Å². The summed E-state index contributed by atoms with van der Waals surface area (Å²) < 4.78 is 4.64. The second-order valence-electron chi connectivity index (χ2n) is 3.56. The molecule has 0 spiro atoms. The number of benzene rings is 1. The van der Waals surface area contributed by atoms with Crippen LogP contribution in [0.25, 0.3) is 11.3 Å². The second-order valence-corrected chi connectivity index (χ2v) is 3.56. The number of carbonyl (C=O) groups is 1. The highest BCUT2D eigenvalue weighted by Crippen LogP contribution is 2.17. The van der Waals surface area contributed by atoms with E-state index in [2.05, 4.69) is 14.7 Å². The number of rotatable bonds is 2. The van der Waals surface area contributed by atoms with E-state index in [1.807, 2.05) is 25.1 Å². The Labute approximate surface area is 99.3 Å². The van der Waals surface area contributed by atoms with E-state index in [4.69, 9.17) is 0 Å². The Morgan fingerprint density at radius 3 is 2.47 bits per heavy atom. The van der Waals surface area contributed by atoms with E-state index in [9.17, 15) is 4.79 Å². The molecule has 0 aliphatic heterocycles. The van der Waals surface area contributed by atoms with Gasteiger partial charge in [0, 0.05) is 11.8 Å². The molecule has 17 heavy (non-hydrogen) atoms. The molecule has 0 saturated carbocycles. The maximum Gasteiger partial charge on any atom is 0.337 e. The molecule has 0 amide bonds. The van der Waals surface area contributed by atoms with Crippen LogP contribution in [0.5, 0.6) is 0 Å². The molecule has 0 aliphatic carbocycles. The first-order chi connectivity index (χ1) is 8.20. The van der Waals surface area contributed by atoms with Gasteiger partial charge in [-0.1, -0.05) is 12.1 Å². The van der Waals surface area contributed by atoms with Gasteiger partial charge in [0.1, 0.15) is 5.82 Å². The van der Waals surface area contributed by atoms with Crippen LogP contribution in [0, 0.1) is 6.92 Å². The maximum absolute atomic E-state index is 11.3. The van der Waals surface area contributed by atoms with Crippen LogP contribution in [0.1, 0.15) is 16.2 Å². The van der Waals surface area contributed by atoms with Gasteiger partial charge in [0.15, 0.2) is 0 Å². The van der Waals surface area contributed by atoms with Crippen molar-refractivity contribution in [2.45, 2.75) is 6.92 Å². The molecule has 1 aromatic carbocycles. The first kappa shape index (κ1) is 11.3. The Morgan fingerprint density at radius 2 is 1.88 bits per heavy atom. The molecule has 2 rings (SSSR count). The van der Waals surface area contributed by atoms with E-state index in [1.54, 1.807) is 18.3 Å². The molecule has 0 bridgehead atoms. The fraction of sp³-hybridized carbons (Fsp3) is 0.154. The Bertz CT molecular complexity index is 535. The van der Waals surface area contributed by atoms with Gasteiger partial charge in [0.25, 0.3) is 0 Å². The first-order valence-electron chi connectivity index (χ1n) is 5.19. The molecule has 0 aliphatic rings. The van der Waals surface area contributed by atoms with Gasteiger partial charge in [0.2, 0.25) is 0 Å². The summed E-state index contributed by atoms with van der Waals surface area (Å²) in [6.45, 7) is 1.84. The molecule has 0 N–H and O–H groups in total. The molecular formula is C13H12N2O2. The fourth-order valence-corrected chi connectivity index (χ4v) is 1.51. The lowest BCUT2D eigenvalue weighted by atomic mass is 10.1. The summed E-state index contributed by atoms with van der Waals surface area (Å²) in [5.74, 6) is 0.384. The average Bonchev–Trinajstić information content (AvgIpc) is 2.38. The lowest BCUT2D eigenvalue weighted by molar-refractivity contribution is 0.0601. The number of hydrogen-bond donors (Lipinski definition) is 0. The van der Waals surface area contributed by atoms with E-state index in [0.29, 0.717) is 5.56 Å². The molecule has 1 heterocycles. The molecular weight excluding hydrogens is 216 g/mol. The predicted molar refractivity (Wildman–Crippen MR) is 63.5 cm³/mol. The Morgan fingerprint density at radius 1 is 1.18 bits per heavy atom. The van der Waals surface area contributed by atoms with Crippen molar-refractivity contribution in [2.75, 3.05) is 7.11 Å². The summed E-state index contributed by atoms with van der Waals surface area (Å²) in [4.78, 5) is 19.6. The molecule has 0 unspecified atom stereocenters. The minimum Gasteiger partial charge on any atom is -0.465 e. The fourth-order valence-electron chi connectivity index (χ4n) is 1.51. The van der Waals surface area contributed by atoms with Gasteiger partial charge in [0.05, 0.1) is 18.4 Å². The zero-order chi connectivity index (χ0) is 12.3. The summed E-state index contributed by atoms with van der Waals surface area (Å²) in [5, 5.41) is 0. The minimum atomic E-state index is -0.338. The Hall–Kier alpha value is -2.23. The Kier molecular flexibility index (Phi) is 3.14. The van der Waals surface area contributed by atoms with E-state index in [-0.39, 0.29) is 5.97 Å². The van der Waals surface area contributed by atoms with Crippen molar-refractivity contribution in [3.05, 3.63) is 47.9 Å². The number of carbonyl (C=O) groups excluding carboxylic acids is 1. The topological polar surface area (TPSA) is 52.1 Å². The van der Waals surface area contributed by atoms with E-state index in [0.717, 1.165) is 17.1 Å². The molecule has 4 nitrogen and oxygen atoms in total. The van der Waals surface area contributed by atoms with Crippen LogP contribution in [-0.4, -0.2) is 23.0 Å². The lowest BCUT2D eigenvalue weighted by Gasteiger charge is -2.03. The largest absolute Gasteiger partial charge is 0.465 e. The van der Waals surface area contributed by atoms with Gasteiger partial charge in [-0.3, -0.25) is 0 Å². The van der Waals surface area contributed by atoms with Crippen LogP contribution >= 0.6 is 0 Å². The third kappa shape index (κ3) is 2.47. The summed E-state index contributed by atoms with van der Waals surface area (Å²) >= 11 is 0. The standard InChI is InChI=1S/C13H12N2O2/c1-9-14-8-7-12(15-9)10-3-5-11(6-4-10)13(16)17-2/h3-8H,1-2H3. The van der Waals surface area contributed by atoms with Gasteiger partial charge in [-0.2, -0.15) is 0 Å². The molecule has 0 radical (unpaired) electrons. The van der Waals surface area contributed by atoms with Crippen LogP contribution in [0.15, 0.2) is 36.5 Å². The lowest BCUT2D eigenvalue weighted by Crippen LogP contribution is -2.00. The molecule has 1 aromatic heterocycles. The van der Waals surface area contributed by atoms with E-state index >= 15 is 0 Å². The predicted octanol–water partition coefficient (Wildman–Crippen LogP) is 2.24. The smallest absolute Gasteiger partial charge is 0.337 e. The first-order valence-corrected chi connectivity index (χ1v) is 5.19.